The van der Waals surface area contributed by atoms with Crippen LogP contribution in [0, 0.1) is 0 Å². The molecular formula is C10H9NO3. The van der Waals surface area contributed by atoms with Crippen LogP contribution in [0.5, 0.6) is 0 Å². The molecule has 14 heavy (non-hydrogen) atoms. The predicted molar refractivity (Wildman–Crippen MR) is 49.4 cm³/mol. The summed E-state index contributed by atoms with van der Waals surface area (Å²) in [7, 11) is 0. The van der Waals surface area contributed by atoms with Crippen LogP contribution < -0.4 is 5.32 Å². The molecule has 0 fully saturated rings. The average Bonchev–Trinajstić information content (AvgIpc) is 2.17. The summed E-state index contributed by atoms with van der Waals surface area (Å²) in [6.45, 7) is 0.578. The molecule has 1 aromatic rings. The molecule has 1 aliphatic heterocycles. The summed E-state index contributed by atoms with van der Waals surface area (Å²) < 4.78 is 0. The fourth-order valence-electron chi connectivity index (χ4n) is 1.56. The van der Waals surface area contributed by atoms with Crippen LogP contribution in [0.2, 0.25) is 0 Å². The number of carboxylic acids is 1. The number of hydrogen-bond donors (Lipinski definition) is 2. The van der Waals surface area contributed by atoms with E-state index in [0.29, 0.717) is 18.5 Å². The second kappa shape index (κ2) is 3.14. The summed E-state index contributed by atoms with van der Waals surface area (Å²) in [6.07, 6.45) is 0.697. The van der Waals surface area contributed by atoms with E-state index in [1.807, 2.05) is 0 Å². The molecule has 2 rings (SSSR count). The number of carboxylic acid groups (broad SMARTS) is 1. The molecule has 4 nitrogen and oxygen atoms in total. The summed E-state index contributed by atoms with van der Waals surface area (Å²) in [5, 5.41) is 11.5. The Kier molecular flexibility index (Phi) is 1.96. The largest absolute Gasteiger partial charge is 0.478 e. The Balaban J connectivity index is 2.49. The van der Waals surface area contributed by atoms with Crippen molar-refractivity contribution in [2.24, 2.45) is 0 Å². The third-order valence-corrected chi connectivity index (χ3v) is 2.28. The summed E-state index contributed by atoms with van der Waals surface area (Å²) in [5.74, 6) is -1.08. The van der Waals surface area contributed by atoms with Crippen LogP contribution >= 0.6 is 0 Å². The first-order chi connectivity index (χ1) is 6.68. The number of hydrogen-bond acceptors (Lipinski definition) is 2. The van der Waals surface area contributed by atoms with Crippen molar-refractivity contribution in [2.45, 2.75) is 6.42 Å². The Morgan fingerprint density at radius 2 is 2.21 bits per heavy atom. The predicted octanol–water partition coefficient (Wildman–Crippen LogP) is 0.671. The van der Waals surface area contributed by atoms with Gasteiger partial charge >= 0.3 is 5.97 Å². The normalized spacial score (nSPS) is 14.4. The zero-order valence-corrected chi connectivity index (χ0v) is 7.41. The number of amides is 1. The Morgan fingerprint density at radius 3 is 2.93 bits per heavy atom. The van der Waals surface area contributed by atoms with Crippen molar-refractivity contribution in [3.63, 3.8) is 0 Å². The van der Waals surface area contributed by atoms with E-state index in [1.54, 1.807) is 12.1 Å². The van der Waals surface area contributed by atoms with Crippen LogP contribution in [0.15, 0.2) is 18.2 Å². The molecule has 0 radical (unpaired) electrons. The van der Waals surface area contributed by atoms with E-state index >= 15 is 0 Å². The SMILES string of the molecule is O=C(O)c1ccc2c(c1)CCNC2=O. The van der Waals surface area contributed by atoms with Gasteiger partial charge in [-0.15, -0.1) is 0 Å². The van der Waals surface area contributed by atoms with Gasteiger partial charge in [0.1, 0.15) is 0 Å². The average molecular weight is 191 g/mol. The van der Waals surface area contributed by atoms with E-state index in [2.05, 4.69) is 5.32 Å². The standard InChI is InChI=1S/C10H9NO3/c12-9-8-2-1-7(10(13)14)5-6(8)3-4-11-9/h1-2,5H,3-4H2,(H,11,12)(H,13,14). The highest BCUT2D eigenvalue weighted by molar-refractivity contribution is 5.98. The highest BCUT2D eigenvalue weighted by Gasteiger charge is 2.17. The lowest BCUT2D eigenvalue weighted by Crippen LogP contribution is -2.31. The topological polar surface area (TPSA) is 66.4 Å². The van der Waals surface area contributed by atoms with Crippen LogP contribution in [0.4, 0.5) is 0 Å². The van der Waals surface area contributed by atoms with Crippen molar-refractivity contribution >= 4 is 11.9 Å². The number of fused-ring (bicyclic) bond motifs is 1. The zero-order chi connectivity index (χ0) is 10.1. The Morgan fingerprint density at radius 1 is 1.43 bits per heavy atom. The lowest BCUT2D eigenvalue weighted by atomic mass is 9.98. The molecule has 0 spiro atoms. The Labute approximate surface area is 80.6 Å². The van der Waals surface area contributed by atoms with Crippen LogP contribution in [-0.4, -0.2) is 23.5 Å². The van der Waals surface area contributed by atoms with Crippen LogP contribution in [0.3, 0.4) is 0 Å². The highest BCUT2D eigenvalue weighted by atomic mass is 16.4. The minimum atomic E-state index is -0.959. The highest BCUT2D eigenvalue weighted by Crippen LogP contribution is 2.15. The molecule has 0 saturated heterocycles. The lowest BCUT2D eigenvalue weighted by molar-refractivity contribution is 0.0696. The van der Waals surface area contributed by atoms with Gasteiger partial charge in [0.2, 0.25) is 0 Å². The number of benzene rings is 1. The molecule has 2 N–H and O–H groups in total. The molecule has 1 heterocycles. The number of rotatable bonds is 1. The third kappa shape index (κ3) is 1.35. The fraction of sp³-hybridized carbons (Fsp3) is 0.200. The maximum absolute atomic E-state index is 11.3. The van der Waals surface area contributed by atoms with Gasteiger partial charge in [-0.05, 0) is 30.2 Å². The Hall–Kier alpha value is -1.84. The first-order valence-corrected chi connectivity index (χ1v) is 4.33. The Bertz CT molecular complexity index is 412. The van der Waals surface area contributed by atoms with Gasteiger partial charge in [0.25, 0.3) is 5.91 Å². The monoisotopic (exact) mass is 191 g/mol. The maximum Gasteiger partial charge on any atom is 0.335 e. The van der Waals surface area contributed by atoms with E-state index in [-0.39, 0.29) is 11.5 Å². The van der Waals surface area contributed by atoms with Crippen LogP contribution in [-0.2, 0) is 6.42 Å². The smallest absolute Gasteiger partial charge is 0.335 e. The molecule has 4 heteroatoms. The molecule has 0 atom stereocenters. The van der Waals surface area contributed by atoms with Gasteiger partial charge in [0.15, 0.2) is 0 Å². The second-order valence-electron chi connectivity index (χ2n) is 3.18. The molecule has 72 valence electrons. The number of carbonyl (C=O) groups is 2. The molecule has 1 amide bonds. The summed E-state index contributed by atoms with van der Waals surface area (Å²) in [5.41, 5.74) is 1.63. The van der Waals surface area contributed by atoms with Crippen molar-refractivity contribution in [2.75, 3.05) is 6.54 Å². The number of aromatic carboxylic acids is 1. The van der Waals surface area contributed by atoms with Crippen molar-refractivity contribution in [1.82, 2.24) is 5.32 Å². The molecule has 0 aliphatic carbocycles. The van der Waals surface area contributed by atoms with E-state index < -0.39 is 5.97 Å². The quantitative estimate of drug-likeness (QED) is 0.685. The molecule has 0 saturated carbocycles. The van der Waals surface area contributed by atoms with Gasteiger partial charge in [0.05, 0.1) is 5.56 Å². The maximum atomic E-state index is 11.3. The molecule has 0 aromatic heterocycles. The minimum Gasteiger partial charge on any atom is -0.478 e. The van der Waals surface area contributed by atoms with Crippen molar-refractivity contribution in [3.05, 3.63) is 34.9 Å². The van der Waals surface area contributed by atoms with Gasteiger partial charge in [-0.3, -0.25) is 4.79 Å². The third-order valence-electron chi connectivity index (χ3n) is 2.28. The van der Waals surface area contributed by atoms with E-state index in [9.17, 15) is 9.59 Å². The first-order valence-electron chi connectivity index (χ1n) is 4.33. The van der Waals surface area contributed by atoms with Gasteiger partial charge in [-0.25, -0.2) is 4.79 Å². The number of carbonyl (C=O) groups excluding carboxylic acids is 1. The van der Waals surface area contributed by atoms with Crippen molar-refractivity contribution < 1.29 is 14.7 Å². The minimum absolute atomic E-state index is 0.122. The second-order valence-corrected chi connectivity index (χ2v) is 3.18. The van der Waals surface area contributed by atoms with Gasteiger partial charge in [0, 0.05) is 12.1 Å². The molecular weight excluding hydrogens is 182 g/mol. The van der Waals surface area contributed by atoms with Gasteiger partial charge < -0.3 is 10.4 Å². The van der Waals surface area contributed by atoms with Crippen LogP contribution in [0.25, 0.3) is 0 Å². The molecule has 1 aromatic carbocycles. The first kappa shape index (κ1) is 8.74. The lowest BCUT2D eigenvalue weighted by Gasteiger charge is -2.16. The molecule has 0 bridgehead atoms. The molecule has 1 aliphatic rings. The van der Waals surface area contributed by atoms with Gasteiger partial charge in [-0.1, -0.05) is 0 Å². The number of nitrogens with one attached hydrogen (secondary N) is 1. The fourth-order valence-corrected chi connectivity index (χ4v) is 1.56. The van der Waals surface area contributed by atoms with E-state index in [1.165, 1.54) is 6.07 Å². The van der Waals surface area contributed by atoms with E-state index in [0.717, 1.165) is 5.56 Å². The van der Waals surface area contributed by atoms with Crippen molar-refractivity contribution in [1.29, 1.82) is 0 Å². The summed E-state index contributed by atoms with van der Waals surface area (Å²) in [6, 6.07) is 4.58. The zero-order valence-electron chi connectivity index (χ0n) is 7.41. The van der Waals surface area contributed by atoms with Crippen molar-refractivity contribution in [3.8, 4) is 0 Å². The van der Waals surface area contributed by atoms with E-state index in [4.69, 9.17) is 5.11 Å². The molecule has 0 unspecified atom stereocenters. The summed E-state index contributed by atoms with van der Waals surface area (Å²) in [4.78, 5) is 22.0. The van der Waals surface area contributed by atoms with Crippen LogP contribution in [0.1, 0.15) is 26.3 Å². The van der Waals surface area contributed by atoms with Gasteiger partial charge in [-0.2, -0.15) is 0 Å². The summed E-state index contributed by atoms with van der Waals surface area (Å²) >= 11 is 0.